The molecule has 2 N–H and O–H groups in total. The first-order valence-corrected chi connectivity index (χ1v) is 14.4. The molecule has 0 bridgehead atoms. The molecule has 1 fully saturated rings. The fourth-order valence-corrected chi connectivity index (χ4v) is 6.34. The van der Waals surface area contributed by atoms with Crippen molar-refractivity contribution in [1.29, 1.82) is 0 Å². The average Bonchev–Trinajstić information content (AvgIpc) is 3.56. The van der Waals surface area contributed by atoms with Crippen molar-refractivity contribution in [1.82, 2.24) is 15.2 Å². The van der Waals surface area contributed by atoms with E-state index < -0.39 is 18.1 Å². The van der Waals surface area contributed by atoms with E-state index in [4.69, 9.17) is 9.47 Å². The normalized spacial score (nSPS) is 17.4. The number of methoxy groups -OCH3 is 2. The van der Waals surface area contributed by atoms with E-state index in [-0.39, 0.29) is 29.6 Å². The lowest BCUT2D eigenvalue weighted by molar-refractivity contribution is -0.120. The van der Waals surface area contributed by atoms with Gasteiger partial charge in [0.25, 0.3) is 11.8 Å². The number of aromatic nitrogens is 1. The Morgan fingerprint density at radius 2 is 1.64 bits per heavy atom. The number of imide groups is 1. The zero-order valence-electron chi connectivity index (χ0n) is 24.2. The van der Waals surface area contributed by atoms with Gasteiger partial charge in [0.05, 0.1) is 25.5 Å². The van der Waals surface area contributed by atoms with Gasteiger partial charge in [0.15, 0.2) is 0 Å². The number of ether oxygens (including phenoxy) is 2. The quantitative estimate of drug-likeness (QED) is 0.242. The maximum atomic E-state index is 14.4. The van der Waals surface area contributed by atoms with E-state index in [1.807, 2.05) is 72.8 Å². The number of benzene rings is 4. The van der Waals surface area contributed by atoms with E-state index >= 15 is 0 Å². The summed E-state index contributed by atoms with van der Waals surface area (Å²) in [4.78, 5) is 48.4. The molecule has 2 atom stereocenters. The molecule has 0 saturated carbocycles. The molecular formula is C35H30N4O5. The third-order valence-corrected chi connectivity index (χ3v) is 8.46. The number of aromatic amines is 1. The first-order valence-electron chi connectivity index (χ1n) is 14.4. The van der Waals surface area contributed by atoms with Gasteiger partial charge >= 0.3 is 6.03 Å². The van der Waals surface area contributed by atoms with E-state index in [0.717, 1.165) is 43.9 Å². The highest BCUT2D eigenvalue weighted by Gasteiger charge is 2.53. The van der Waals surface area contributed by atoms with Gasteiger partial charge in [-0.25, -0.2) is 9.69 Å². The molecule has 5 aromatic rings. The summed E-state index contributed by atoms with van der Waals surface area (Å²) in [5.41, 5.74) is 5.01. The molecular weight excluding hydrogens is 556 g/mol. The van der Waals surface area contributed by atoms with Crippen LogP contribution in [0.15, 0.2) is 97.1 Å². The minimum absolute atomic E-state index is 0.240. The summed E-state index contributed by atoms with van der Waals surface area (Å²) in [6, 6.07) is 27.8. The van der Waals surface area contributed by atoms with Gasteiger partial charge in [0.1, 0.15) is 23.6 Å². The third kappa shape index (κ3) is 4.44. The maximum absolute atomic E-state index is 14.4. The van der Waals surface area contributed by atoms with Gasteiger partial charge in [-0.1, -0.05) is 54.6 Å². The summed E-state index contributed by atoms with van der Waals surface area (Å²) in [6.45, 7) is 0.271. The topological polar surface area (TPSA) is 104 Å². The number of rotatable bonds is 7. The molecule has 1 unspecified atom stereocenters. The van der Waals surface area contributed by atoms with Crippen molar-refractivity contribution in [2.45, 2.75) is 25.0 Å². The highest BCUT2D eigenvalue weighted by molar-refractivity contribution is 6.24. The lowest BCUT2D eigenvalue weighted by atomic mass is 9.89. The lowest BCUT2D eigenvalue weighted by Crippen LogP contribution is -2.44. The monoisotopic (exact) mass is 586 g/mol. The summed E-state index contributed by atoms with van der Waals surface area (Å²) in [7, 11) is 3.19. The van der Waals surface area contributed by atoms with Gasteiger partial charge in [0, 0.05) is 29.6 Å². The second kappa shape index (κ2) is 10.9. The number of H-pyrrole nitrogens is 1. The number of nitrogens with one attached hydrogen (secondary N) is 2. The molecule has 44 heavy (non-hydrogen) atoms. The Bertz CT molecular complexity index is 1910. The summed E-state index contributed by atoms with van der Waals surface area (Å²) < 4.78 is 10.7. The standard InChI is InChI=1S/C35H30N4O5/c1-43-23-16-14-21(15-17-23)20-36-33(40)26-11-4-6-13-29(26)39-34(41)30-19-27-25-10-3-5-12-28(25)37-31(27)32(38(30)35(39)42)22-8-7-9-24(18-22)44-2/h3-18,30,32,37H,19-20H2,1-2H3,(H,36,40)/t30-,32?/m0/s1. The molecule has 2 aliphatic rings. The predicted molar refractivity (Wildman–Crippen MR) is 166 cm³/mol. The average molecular weight is 587 g/mol. The molecule has 9 nitrogen and oxygen atoms in total. The van der Waals surface area contributed by atoms with Crippen molar-refractivity contribution in [2.75, 3.05) is 19.1 Å². The van der Waals surface area contributed by atoms with Crippen molar-refractivity contribution >= 4 is 34.4 Å². The number of hydrogen-bond acceptors (Lipinski definition) is 5. The highest BCUT2D eigenvalue weighted by Crippen LogP contribution is 2.45. The molecule has 1 aromatic heterocycles. The molecule has 0 aliphatic carbocycles. The molecule has 2 aliphatic heterocycles. The molecule has 220 valence electrons. The third-order valence-electron chi connectivity index (χ3n) is 8.46. The van der Waals surface area contributed by atoms with Gasteiger partial charge in [0.2, 0.25) is 0 Å². The number of carbonyl (C=O) groups is 3. The van der Waals surface area contributed by atoms with Crippen LogP contribution in [0.4, 0.5) is 10.5 Å². The first kappa shape index (κ1) is 27.3. The Kier molecular flexibility index (Phi) is 6.77. The van der Waals surface area contributed by atoms with Gasteiger partial charge < -0.3 is 19.8 Å². The van der Waals surface area contributed by atoms with Crippen molar-refractivity contribution in [3.63, 3.8) is 0 Å². The van der Waals surface area contributed by atoms with Crippen LogP contribution in [0.25, 0.3) is 10.9 Å². The zero-order valence-corrected chi connectivity index (χ0v) is 24.2. The predicted octanol–water partition coefficient (Wildman–Crippen LogP) is 5.60. The number of anilines is 1. The molecule has 0 spiro atoms. The van der Waals surface area contributed by atoms with E-state index in [2.05, 4.69) is 10.3 Å². The second-order valence-electron chi connectivity index (χ2n) is 10.9. The smallest absolute Gasteiger partial charge is 0.332 e. The molecule has 3 heterocycles. The van der Waals surface area contributed by atoms with Crippen LogP contribution in [0.3, 0.4) is 0 Å². The summed E-state index contributed by atoms with van der Waals surface area (Å²) in [6.07, 6.45) is 0.354. The van der Waals surface area contributed by atoms with E-state index in [0.29, 0.717) is 12.2 Å². The fourth-order valence-electron chi connectivity index (χ4n) is 6.34. The van der Waals surface area contributed by atoms with Gasteiger partial charge in [-0.15, -0.1) is 0 Å². The minimum atomic E-state index is -0.749. The number of urea groups is 1. The molecule has 4 amide bonds. The Balaban J connectivity index is 1.26. The van der Waals surface area contributed by atoms with Crippen molar-refractivity contribution < 1.29 is 23.9 Å². The number of nitrogens with zero attached hydrogens (tertiary/aromatic N) is 2. The Morgan fingerprint density at radius 3 is 2.43 bits per heavy atom. The van der Waals surface area contributed by atoms with Crippen molar-refractivity contribution in [2.24, 2.45) is 0 Å². The van der Waals surface area contributed by atoms with Gasteiger partial charge in [-0.2, -0.15) is 0 Å². The lowest BCUT2D eigenvalue weighted by Gasteiger charge is -2.36. The summed E-state index contributed by atoms with van der Waals surface area (Å²) >= 11 is 0. The molecule has 9 heteroatoms. The van der Waals surface area contributed by atoms with Crippen LogP contribution in [0.1, 0.15) is 38.8 Å². The number of amides is 4. The summed E-state index contributed by atoms with van der Waals surface area (Å²) in [5.74, 6) is 0.618. The van der Waals surface area contributed by atoms with Crippen LogP contribution in [0.5, 0.6) is 11.5 Å². The SMILES string of the molecule is COc1ccc(CNC(=O)c2ccccc2N2C(=O)[C@@H]3Cc4c([nH]c5ccccc45)C(c4cccc(OC)c4)N3C2=O)cc1. The number of para-hydroxylation sites is 2. The molecule has 0 radical (unpaired) electrons. The molecule has 1 saturated heterocycles. The largest absolute Gasteiger partial charge is 0.497 e. The van der Waals surface area contributed by atoms with Crippen molar-refractivity contribution in [3.05, 3.63) is 125 Å². The van der Waals surface area contributed by atoms with Crippen molar-refractivity contribution in [3.8, 4) is 11.5 Å². The van der Waals surface area contributed by atoms with Crippen LogP contribution in [0.2, 0.25) is 0 Å². The van der Waals surface area contributed by atoms with Crippen LogP contribution in [-0.2, 0) is 17.8 Å². The van der Waals surface area contributed by atoms with Crippen LogP contribution in [0, 0.1) is 0 Å². The number of carbonyl (C=O) groups excluding carboxylic acids is 3. The maximum Gasteiger partial charge on any atom is 0.332 e. The Hall–Kier alpha value is -5.57. The van der Waals surface area contributed by atoms with E-state index in [9.17, 15) is 14.4 Å². The number of fused-ring (bicyclic) bond motifs is 4. The van der Waals surface area contributed by atoms with Crippen LogP contribution < -0.4 is 19.7 Å². The highest BCUT2D eigenvalue weighted by atomic mass is 16.5. The second-order valence-corrected chi connectivity index (χ2v) is 10.9. The van der Waals surface area contributed by atoms with Crippen LogP contribution >= 0.6 is 0 Å². The minimum Gasteiger partial charge on any atom is -0.497 e. The zero-order chi connectivity index (χ0) is 30.4. The fraction of sp³-hybridized carbons (Fsp3) is 0.171. The van der Waals surface area contributed by atoms with Gasteiger partial charge in [-0.05, 0) is 59.2 Å². The molecule has 4 aromatic carbocycles. The first-order chi connectivity index (χ1) is 21.5. The van der Waals surface area contributed by atoms with Gasteiger partial charge in [-0.3, -0.25) is 14.5 Å². The molecule has 7 rings (SSSR count). The van der Waals surface area contributed by atoms with E-state index in [1.54, 1.807) is 43.4 Å². The Labute approximate surface area is 254 Å². The van der Waals surface area contributed by atoms with Crippen LogP contribution in [-0.4, -0.2) is 48.0 Å². The Morgan fingerprint density at radius 1 is 0.886 bits per heavy atom. The number of hydrogen-bond donors (Lipinski definition) is 2. The summed E-state index contributed by atoms with van der Waals surface area (Å²) in [5, 5.41) is 3.95. The van der Waals surface area contributed by atoms with E-state index in [1.165, 1.54) is 0 Å².